The fraction of sp³-hybridized carbons (Fsp3) is 0.282. The van der Waals surface area contributed by atoms with Gasteiger partial charge in [-0.3, -0.25) is 85.0 Å². The van der Waals surface area contributed by atoms with Gasteiger partial charge in [0.1, 0.15) is 84.2 Å². The number of carbonyl (C=O) groups excluding carboxylic acids is 5. The number of benzene rings is 4. The van der Waals surface area contributed by atoms with Gasteiger partial charge in [0.25, 0.3) is 22.2 Å². The molecule has 0 atom stereocenters. The molecule has 0 fully saturated rings. The summed E-state index contributed by atoms with van der Waals surface area (Å²) in [6.45, 7) is 19.8. The number of aromatic amines is 1. The van der Waals surface area contributed by atoms with Gasteiger partial charge in [-0.05, 0) is 119 Å². The molecule has 6 radical (unpaired) electrons. The van der Waals surface area contributed by atoms with E-state index in [9.17, 15) is 88.7 Å². The van der Waals surface area contributed by atoms with E-state index in [0.29, 0.717) is 46.2 Å². The number of urea groups is 1. The molecule has 4 heterocycles. The molecule has 0 saturated heterocycles. The molecule has 0 aliphatic heterocycles. The van der Waals surface area contributed by atoms with Crippen LogP contribution in [-0.2, 0) is 105 Å². The van der Waals surface area contributed by atoms with E-state index in [1.807, 2.05) is 13.1 Å². The predicted molar refractivity (Wildman–Crippen MR) is 398 cm³/mol. The molecule has 0 aliphatic carbocycles. The Labute approximate surface area is 863 Å². The molecule has 8 aromatic rings. The van der Waals surface area contributed by atoms with Crippen molar-refractivity contribution < 1.29 is 325 Å². The Bertz CT molecular complexity index is 5140. The van der Waals surface area contributed by atoms with E-state index < -0.39 is 129 Å². The van der Waals surface area contributed by atoms with Gasteiger partial charge in [-0.15, -0.1) is 19.7 Å². The molecule has 4 aromatic heterocycles. The van der Waals surface area contributed by atoms with E-state index in [2.05, 4.69) is 94.1 Å². The topological polar surface area (TPSA) is 553 Å². The number of hydrogen-bond acceptors (Lipinski definition) is 26. The predicted octanol–water partition coefficient (Wildman–Crippen LogP) is -8.38. The van der Waals surface area contributed by atoms with Gasteiger partial charge in [-0.25, -0.2) is 50.3 Å². The first-order valence-corrected chi connectivity index (χ1v) is 40.7. The van der Waals surface area contributed by atoms with Crippen molar-refractivity contribution in [3.05, 3.63) is 309 Å². The summed E-state index contributed by atoms with van der Waals surface area (Å²) >= 11 is -8.96. The number of Topliss-reactive ketones (excluding diaryl/α,β-unsaturated/α-hetero) is 1. The Hall–Kier alpha value is -4.73. The van der Waals surface area contributed by atoms with Crippen molar-refractivity contribution in [3.8, 4) is 0 Å². The Morgan fingerprint density at radius 1 is 0.582 bits per heavy atom. The second kappa shape index (κ2) is 74.2. The van der Waals surface area contributed by atoms with Crippen molar-refractivity contribution in [2.45, 2.75) is 108 Å². The van der Waals surface area contributed by atoms with Crippen LogP contribution in [0.3, 0.4) is 0 Å². The maximum absolute atomic E-state index is 13.7. The Morgan fingerprint density at radius 3 is 1.23 bits per heavy atom. The number of halogens is 8. The molecule has 0 unspecified atom stereocenters. The summed E-state index contributed by atoms with van der Waals surface area (Å²) in [4.78, 5) is 148. The van der Waals surface area contributed by atoms with Crippen molar-refractivity contribution in [3.63, 3.8) is 0 Å². The third kappa shape index (κ3) is 55.8. The molecule has 0 bridgehead atoms. The number of ether oxygens (including phenoxy) is 1. The average Bonchev–Trinajstić information content (AvgIpc) is 0.777. The molecule has 36 nitrogen and oxygen atoms in total. The fourth-order valence-electron chi connectivity index (χ4n) is 8.53. The number of rotatable bonds is 22. The SMILES string of the molecule is C.C=CCNC(N)=O.C=CCn1c(=O)cc(C)[nH]c1=O.C=CCn1c(=O)cc(C)n(Cc2c(F)cccc2F)c1=O.CCOC(=O)CC(C)=O.CNCCc1ccccc1.Cc1c(Br)c(=O)n(CC=O)c(=O)n1Cc1c(F)cccc1F.Cc1cc(=O)n(CC=O)c(=O)n1Cc1c(F)cccc1F.OO.[Ac].[Ac].[Ac].[B-]O.[Na+].[Na+].[O-][I+3]([O-])([O-])[O-].[O]=[Os](=[O])(=[O])=[O]. The van der Waals surface area contributed by atoms with Crippen LogP contribution in [0.5, 0.6) is 0 Å². The number of esters is 1. The van der Waals surface area contributed by atoms with Crippen LogP contribution in [0.15, 0.2) is 184 Å². The zero-order valence-electron chi connectivity index (χ0n) is 66.5. The van der Waals surface area contributed by atoms with Crippen LogP contribution in [0.25, 0.3) is 0 Å². The molecule has 8 rings (SSSR count). The van der Waals surface area contributed by atoms with E-state index in [4.69, 9.17) is 43.4 Å². The van der Waals surface area contributed by atoms with Gasteiger partial charge in [0.2, 0.25) is 0 Å². The first-order valence-electron chi connectivity index (χ1n) is 32.2. The number of primary amides is 1. The van der Waals surface area contributed by atoms with Crippen molar-refractivity contribution in [2.75, 3.05) is 26.7 Å². The van der Waals surface area contributed by atoms with Gasteiger partial charge < -0.3 is 48.8 Å². The Balaban J connectivity index is -0.000000173. The van der Waals surface area contributed by atoms with Crippen molar-refractivity contribution in [1.82, 2.24) is 47.6 Å². The summed E-state index contributed by atoms with van der Waals surface area (Å²) in [5.41, 5.74) is 2.03. The van der Waals surface area contributed by atoms with Crippen LogP contribution in [0.2, 0.25) is 0 Å². The van der Waals surface area contributed by atoms with Crippen LogP contribution < -0.4 is 154 Å². The quantitative estimate of drug-likeness (QED) is 0.00381. The van der Waals surface area contributed by atoms with E-state index in [-0.39, 0.29) is 287 Å². The van der Waals surface area contributed by atoms with Crippen LogP contribution in [0.1, 0.15) is 72.7 Å². The molecule has 0 spiro atoms. The second-order valence-corrected chi connectivity index (χ2v) is 27.4. The molecule has 0 saturated carbocycles. The monoisotopic (exact) mass is 2740 g/mol. The van der Waals surface area contributed by atoms with Crippen LogP contribution >= 0.6 is 15.9 Å². The van der Waals surface area contributed by atoms with E-state index in [1.54, 1.807) is 26.8 Å². The second-order valence-electron chi connectivity index (χ2n) is 21.9. The standard InChI is InChI=1S/C15H14F2N2O2.C14H11BrF2N2O3.C14H12F2N2O3.C9H13N.C8H10N2O2.C6H10O3.C4H8N2O.CH4.3Ac.BHO.IO4.2Na.H2O2.4O.Os/c1-3-7-18-14(20)8-10(2)19(15(18)21)9-11-12(16)5-4-6-13(11)17;1-8-12(15)13(21)18(5-6-20)14(22)19(8)7-9-10(16)3-2-4-11(9)17;1-9-7-13(20)17(5-6-19)14(21)18(9)8-10-11(15)3-2-4-12(10)16;1-10-8-7-9-5-3-2-4-6-9;1-3-4-10-7(11)5-6(2)9-8(10)12;1-3-9-6(8)4-5(2)7;1-2-3-6-4(5)7;;;;;1-2;2-1(3,4)5;;;1-2;;;;;/h3-6,8H,1,7,9H2,2H3;2-4,6H,5,7H2,1H3;2-4,6-7H,5,8H2,1H3;2-6,10H,7-8H2,1H3;3,5H,1,4H2,2H3,(H,9,12);3-4H2,1-2H3;2H,1,3H2,(H3,5,6,7);1H4;;;;2H;;;;1-2H;;;;;/q;;;;;;;;;;;2*-1;2*+1;;;;;;. The number of nitrogens with one attached hydrogen (secondary N) is 3. The van der Waals surface area contributed by atoms with E-state index in [1.165, 1.54) is 68.8 Å². The zero-order valence-corrected chi connectivity index (χ0v) is 91.0. The van der Waals surface area contributed by atoms with Crippen LogP contribution in [0, 0.1) is 195 Å². The van der Waals surface area contributed by atoms with Crippen LogP contribution in [0.4, 0.5) is 31.1 Å². The van der Waals surface area contributed by atoms with Crippen molar-refractivity contribution >= 4 is 54.3 Å². The first-order chi connectivity index (χ1) is 54.3. The third-order valence-corrected chi connectivity index (χ3v) is 14.6. The minimum atomic E-state index is -6.06. The zero-order chi connectivity index (χ0) is 89.9. The van der Waals surface area contributed by atoms with Gasteiger partial charge in [-0.1, -0.05) is 74.2 Å². The van der Waals surface area contributed by atoms with Gasteiger partial charge >= 0.3 is 123 Å². The molecule has 652 valence electrons. The first kappa shape index (κ1) is 135. The molecule has 122 heavy (non-hydrogen) atoms. The van der Waals surface area contributed by atoms with Gasteiger partial charge in [0.05, 0.1) is 39.3 Å². The number of likely N-dealkylation sites (N-methyl/N-ethyl adjacent to an activating group) is 1. The number of hydrogen-bond donors (Lipinski definition) is 7. The number of H-pyrrole nitrogens is 1. The minimum absolute atomic E-state index is 0. The molecule has 8 N–H and O–H groups in total. The fourth-order valence-corrected chi connectivity index (χ4v) is 8.96. The third-order valence-electron chi connectivity index (χ3n) is 13.6. The Kier molecular flexibility index (Phi) is 82.3. The molecular formula is C71H85Ac3BBrF6IN11Na2O25Os. The molecular weight excluding hydrogens is 2660 g/mol. The summed E-state index contributed by atoms with van der Waals surface area (Å²) < 4.78 is 162. The normalized spacial score (nSPS) is 9.46. The number of nitrogens with two attached hydrogens (primary N) is 1. The molecule has 51 heteroatoms. The van der Waals surface area contributed by atoms with Crippen molar-refractivity contribution in [1.29, 1.82) is 0 Å². The number of ketones is 1. The summed E-state index contributed by atoms with van der Waals surface area (Å²) in [5.74, 6) is -5.22. The maximum atomic E-state index is 13.7. The number of amides is 2. The van der Waals surface area contributed by atoms with Crippen molar-refractivity contribution in [2.24, 2.45) is 5.73 Å². The van der Waals surface area contributed by atoms with Gasteiger partial charge in [0.15, 0.2) is 0 Å². The molecule has 2 amide bonds. The number of aldehydes is 2. The summed E-state index contributed by atoms with van der Waals surface area (Å²) in [7, 11) is 5.48. The van der Waals surface area contributed by atoms with E-state index >= 15 is 0 Å². The van der Waals surface area contributed by atoms with Crippen LogP contribution in [-0.4, -0.2) is 118 Å². The summed E-state index contributed by atoms with van der Waals surface area (Å²) in [5, 5.41) is 23.9. The number of carbonyl (C=O) groups is 5. The molecule has 0 aliphatic rings. The number of aryl methyl sites for hydroxylation is 3. The molecule has 4 aromatic carbocycles. The van der Waals surface area contributed by atoms with E-state index in [0.717, 1.165) is 78.3 Å². The van der Waals surface area contributed by atoms with Gasteiger partial charge in [-0.2, -0.15) is 0 Å². The number of nitrogens with zero attached hydrogens (tertiary/aromatic N) is 7. The number of aromatic nitrogens is 8. The van der Waals surface area contributed by atoms with Gasteiger partial charge in [0, 0.05) is 209 Å². The number of allylic oxidation sites excluding steroid dienone is 2. The summed E-state index contributed by atoms with van der Waals surface area (Å²) in [6.07, 6.45) is 6.30. The average molecular weight is 2740 g/mol. The summed E-state index contributed by atoms with van der Waals surface area (Å²) in [6, 6.07) is 24.0. The Morgan fingerprint density at radius 2 is 0.918 bits per heavy atom.